The van der Waals surface area contributed by atoms with Crippen LogP contribution in [0.25, 0.3) is 0 Å². The van der Waals surface area contributed by atoms with E-state index in [4.69, 9.17) is 0 Å². The SMILES string of the molecule is COC(=O)c1ccc(C=NNC(=O)C2=NNC(c3ccccc3)(c3ccccc3)C2)cc1. The molecule has 0 aromatic heterocycles. The summed E-state index contributed by atoms with van der Waals surface area (Å²) in [6.07, 6.45) is 1.89. The molecule has 0 saturated heterocycles. The standard InChI is InChI=1S/C25H22N4O3/c1-32-24(31)19-14-12-18(13-15-19)17-26-28-23(30)22-16-25(29-27-22,20-8-4-2-5-9-20)21-10-6-3-7-11-21/h2-15,17,29H,16H2,1H3,(H,28,30). The van der Waals surface area contributed by atoms with Crippen LogP contribution in [-0.2, 0) is 15.1 Å². The van der Waals surface area contributed by atoms with E-state index in [1.54, 1.807) is 24.3 Å². The Labute approximate surface area is 185 Å². The van der Waals surface area contributed by atoms with Crippen LogP contribution in [0.5, 0.6) is 0 Å². The summed E-state index contributed by atoms with van der Waals surface area (Å²) in [5.74, 6) is -0.789. The van der Waals surface area contributed by atoms with Gasteiger partial charge in [0.05, 0.1) is 18.9 Å². The molecule has 1 heterocycles. The number of hydrogen-bond donors (Lipinski definition) is 2. The van der Waals surface area contributed by atoms with E-state index in [0.29, 0.717) is 17.7 Å². The van der Waals surface area contributed by atoms with Crippen molar-refractivity contribution >= 4 is 23.8 Å². The number of hydrogen-bond acceptors (Lipinski definition) is 6. The zero-order valence-corrected chi connectivity index (χ0v) is 17.5. The summed E-state index contributed by atoms with van der Waals surface area (Å²) >= 11 is 0. The molecule has 0 aliphatic carbocycles. The summed E-state index contributed by atoms with van der Waals surface area (Å²) in [7, 11) is 1.33. The van der Waals surface area contributed by atoms with E-state index in [1.165, 1.54) is 13.3 Å². The van der Waals surface area contributed by atoms with Gasteiger partial charge in [0.15, 0.2) is 0 Å². The Morgan fingerprint density at radius 3 is 2.12 bits per heavy atom. The summed E-state index contributed by atoms with van der Waals surface area (Å²) in [5, 5.41) is 8.36. The van der Waals surface area contributed by atoms with E-state index in [2.05, 4.69) is 25.8 Å². The molecule has 160 valence electrons. The summed E-state index contributed by atoms with van der Waals surface area (Å²) in [5.41, 5.74) is 8.67. The van der Waals surface area contributed by atoms with Gasteiger partial charge in [-0.15, -0.1) is 0 Å². The lowest BCUT2D eigenvalue weighted by Crippen LogP contribution is -2.38. The van der Waals surface area contributed by atoms with Crippen molar-refractivity contribution in [1.29, 1.82) is 0 Å². The Morgan fingerprint density at radius 2 is 1.56 bits per heavy atom. The van der Waals surface area contributed by atoms with Gasteiger partial charge in [-0.3, -0.25) is 10.2 Å². The van der Waals surface area contributed by atoms with Crippen molar-refractivity contribution in [2.45, 2.75) is 12.0 Å². The van der Waals surface area contributed by atoms with E-state index in [-0.39, 0.29) is 5.91 Å². The first-order valence-electron chi connectivity index (χ1n) is 10.1. The largest absolute Gasteiger partial charge is 0.465 e. The minimum Gasteiger partial charge on any atom is -0.465 e. The summed E-state index contributed by atoms with van der Waals surface area (Å²) < 4.78 is 4.68. The molecule has 4 rings (SSSR count). The minimum atomic E-state index is -0.622. The van der Waals surface area contributed by atoms with Gasteiger partial charge in [-0.25, -0.2) is 10.2 Å². The maximum absolute atomic E-state index is 12.7. The second kappa shape index (κ2) is 9.26. The van der Waals surface area contributed by atoms with Gasteiger partial charge < -0.3 is 4.74 Å². The van der Waals surface area contributed by atoms with E-state index >= 15 is 0 Å². The first-order valence-corrected chi connectivity index (χ1v) is 10.1. The highest BCUT2D eigenvalue weighted by atomic mass is 16.5. The number of amides is 1. The fourth-order valence-electron chi connectivity index (χ4n) is 3.62. The minimum absolute atomic E-state index is 0.357. The molecular weight excluding hydrogens is 404 g/mol. The van der Waals surface area contributed by atoms with Crippen molar-refractivity contribution in [3.05, 3.63) is 107 Å². The van der Waals surface area contributed by atoms with Crippen LogP contribution in [-0.4, -0.2) is 30.9 Å². The van der Waals surface area contributed by atoms with Gasteiger partial charge >= 0.3 is 5.97 Å². The third-order valence-electron chi connectivity index (χ3n) is 5.32. The number of carbonyl (C=O) groups excluding carboxylic acids is 2. The molecule has 0 bridgehead atoms. The molecule has 2 N–H and O–H groups in total. The smallest absolute Gasteiger partial charge is 0.337 e. The van der Waals surface area contributed by atoms with E-state index < -0.39 is 11.5 Å². The Balaban J connectivity index is 1.46. The highest BCUT2D eigenvalue weighted by Crippen LogP contribution is 2.36. The lowest BCUT2D eigenvalue weighted by Gasteiger charge is -2.30. The predicted octanol–water partition coefficient (Wildman–Crippen LogP) is 3.22. The molecule has 7 nitrogen and oxygen atoms in total. The second-order valence-electron chi connectivity index (χ2n) is 7.30. The maximum atomic E-state index is 12.7. The van der Waals surface area contributed by atoms with Gasteiger partial charge in [0, 0.05) is 6.42 Å². The molecule has 3 aromatic carbocycles. The number of methoxy groups -OCH3 is 1. The fourth-order valence-corrected chi connectivity index (χ4v) is 3.62. The third kappa shape index (κ3) is 4.27. The normalized spacial score (nSPS) is 14.5. The average molecular weight is 426 g/mol. The quantitative estimate of drug-likeness (QED) is 0.360. The number of carbonyl (C=O) groups is 2. The van der Waals surface area contributed by atoms with Crippen LogP contribution in [0.1, 0.15) is 33.5 Å². The molecule has 0 spiro atoms. The van der Waals surface area contributed by atoms with Gasteiger partial charge in [-0.05, 0) is 28.8 Å². The number of benzene rings is 3. The van der Waals surface area contributed by atoms with Crippen molar-refractivity contribution in [2.75, 3.05) is 7.11 Å². The third-order valence-corrected chi connectivity index (χ3v) is 5.32. The van der Waals surface area contributed by atoms with Gasteiger partial charge in [0.2, 0.25) is 0 Å². The van der Waals surface area contributed by atoms with E-state index in [1.807, 2.05) is 60.7 Å². The number of esters is 1. The highest BCUT2D eigenvalue weighted by molar-refractivity contribution is 6.39. The summed E-state index contributed by atoms with van der Waals surface area (Å²) in [4.78, 5) is 24.2. The topological polar surface area (TPSA) is 92.1 Å². The highest BCUT2D eigenvalue weighted by Gasteiger charge is 2.41. The molecule has 0 unspecified atom stereocenters. The molecule has 32 heavy (non-hydrogen) atoms. The Morgan fingerprint density at radius 1 is 0.969 bits per heavy atom. The van der Waals surface area contributed by atoms with Gasteiger partial charge in [0.25, 0.3) is 5.91 Å². The van der Waals surface area contributed by atoms with Crippen LogP contribution < -0.4 is 10.9 Å². The molecule has 0 saturated carbocycles. The Bertz CT molecular complexity index is 1120. The second-order valence-corrected chi connectivity index (χ2v) is 7.30. The fraction of sp³-hybridized carbons (Fsp3) is 0.120. The first-order chi connectivity index (χ1) is 15.6. The molecule has 1 aliphatic rings. The molecule has 1 amide bonds. The number of nitrogens with one attached hydrogen (secondary N) is 2. The molecule has 0 fully saturated rings. The van der Waals surface area contributed by atoms with Crippen molar-refractivity contribution in [1.82, 2.24) is 10.9 Å². The van der Waals surface area contributed by atoms with Gasteiger partial charge in [-0.1, -0.05) is 72.8 Å². The van der Waals surface area contributed by atoms with Crippen LogP contribution in [0.4, 0.5) is 0 Å². The number of nitrogens with zero attached hydrogens (tertiary/aromatic N) is 2. The predicted molar refractivity (Wildman–Crippen MR) is 122 cm³/mol. The number of rotatable bonds is 6. The molecule has 3 aromatic rings. The van der Waals surface area contributed by atoms with Crippen molar-refractivity contribution in [3.63, 3.8) is 0 Å². The maximum Gasteiger partial charge on any atom is 0.337 e. The molecule has 0 radical (unpaired) electrons. The molecular formula is C25H22N4O3. The Hall–Kier alpha value is -4.26. The Kier molecular flexibility index (Phi) is 6.07. The van der Waals surface area contributed by atoms with Crippen molar-refractivity contribution in [3.8, 4) is 0 Å². The molecule has 7 heteroatoms. The monoisotopic (exact) mass is 426 g/mol. The number of hydrazone groups is 2. The summed E-state index contributed by atoms with van der Waals surface area (Å²) in [6.45, 7) is 0. The van der Waals surface area contributed by atoms with Crippen LogP contribution in [0.15, 0.2) is 95.1 Å². The zero-order chi connectivity index (χ0) is 22.4. The zero-order valence-electron chi connectivity index (χ0n) is 17.5. The number of ether oxygens (including phenoxy) is 1. The average Bonchev–Trinajstić information content (AvgIpc) is 3.32. The first kappa shape index (κ1) is 21.0. The summed E-state index contributed by atoms with van der Waals surface area (Å²) in [6, 6.07) is 26.6. The van der Waals surface area contributed by atoms with Crippen LogP contribution >= 0.6 is 0 Å². The van der Waals surface area contributed by atoms with Crippen LogP contribution in [0, 0.1) is 0 Å². The molecule has 1 aliphatic heterocycles. The van der Waals surface area contributed by atoms with E-state index in [9.17, 15) is 9.59 Å². The van der Waals surface area contributed by atoms with Crippen molar-refractivity contribution < 1.29 is 14.3 Å². The van der Waals surface area contributed by atoms with Crippen LogP contribution in [0.2, 0.25) is 0 Å². The van der Waals surface area contributed by atoms with E-state index in [0.717, 1.165) is 16.7 Å². The van der Waals surface area contributed by atoms with Gasteiger partial charge in [0.1, 0.15) is 11.3 Å². The van der Waals surface area contributed by atoms with Crippen molar-refractivity contribution in [2.24, 2.45) is 10.2 Å². The molecule has 0 atom stereocenters. The van der Waals surface area contributed by atoms with Crippen LogP contribution in [0.3, 0.4) is 0 Å². The lowest BCUT2D eigenvalue weighted by atomic mass is 9.80. The lowest BCUT2D eigenvalue weighted by molar-refractivity contribution is -0.114. The van der Waals surface area contributed by atoms with Gasteiger partial charge in [-0.2, -0.15) is 10.2 Å².